The fraction of sp³-hybridized carbons (Fsp3) is 0.267. The predicted octanol–water partition coefficient (Wildman–Crippen LogP) is 3.35. The smallest absolute Gasteiger partial charge is 0.229 e. The predicted molar refractivity (Wildman–Crippen MR) is 78.8 cm³/mol. The molecule has 2 aromatic rings. The molecular formula is C15H14FNO3S. The third kappa shape index (κ3) is 3.22. The van der Waals surface area contributed by atoms with Crippen molar-refractivity contribution in [2.45, 2.75) is 13.0 Å². The molecule has 1 unspecified atom stereocenters. The van der Waals surface area contributed by atoms with Gasteiger partial charge in [0.1, 0.15) is 17.7 Å². The van der Waals surface area contributed by atoms with Gasteiger partial charge in [-0.1, -0.05) is 0 Å². The Morgan fingerprint density at radius 3 is 2.90 bits per heavy atom. The molecule has 0 N–H and O–H groups in total. The molecule has 4 nitrogen and oxygen atoms in total. The van der Waals surface area contributed by atoms with E-state index in [0.29, 0.717) is 18.9 Å². The number of hydrogen-bond acceptors (Lipinski definition) is 4. The van der Waals surface area contributed by atoms with E-state index in [1.165, 1.54) is 35.3 Å². The van der Waals surface area contributed by atoms with Crippen LogP contribution in [0.15, 0.2) is 35.7 Å². The van der Waals surface area contributed by atoms with E-state index in [0.717, 1.165) is 5.00 Å². The van der Waals surface area contributed by atoms with Gasteiger partial charge in [0, 0.05) is 13.0 Å². The maximum Gasteiger partial charge on any atom is 0.229 e. The zero-order chi connectivity index (χ0) is 14.8. The number of carbonyl (C=O) groups is 1. The van der Waals surface area contributed by atoms with Crippen LogP contribution in [-0.2, 0) is 9.53 Å². The Morgan fingerprint density at radius 1 is 1.52 bits per heavy atom. The van der Waals surface area contributed by atoms with E-state index < -0.39 is 5.82 Å². The third-order valence-electron chi connectivity index (χ3n) is 3.04. The number of ether oxygens (including phenoxy) is 2. The highest BCUT2D eigenvalue weighted by Gasteiger charge is 2.24. The largest absolute Gasteiger partial charge is 0.488 e. The molecule has 3 rings (SSSR count). The molecular weight excluding hydrogens is 293 g/mol. The van der Waals surface area contributed by atoms with Crippen molar-refractivity contribution in [3.63, 3.8) is 0 Å². The fourth-order valence-electron chi connectivity index (χ4n) is 1.95. The summed E-state index contributed by atoms with van der Waals surface area (Å²) in [6.45, 7) is 2.46. The molecule has 0 radical (unpaired) electrons. The number of benzene rings is 1. The Kier molecular flexibility index (Phi) is 3.90. The summed E-state index contributed by atoms with van der Waals surface area (Å²) in [5.74, 6) is -0.489. The van der Waals surface area contributed by atoms with Crippen LogP contribution < -0.4 is 9.64 Å². The highest BCUT2D eigenvalue weighted by molar-refractivity contribution is 7.14. The van der Waals surface area contributed by atoms with Crippen LogP contribution in [0.25, 0.3) is 0 Å². The van der Waals surface area contributed by atoms with Crippen LogP contribution >= 0.6 is 11.3 Å². The van der Waals surface area contributed by atoms with Gasteiger partial charge in [0.2, 0.25) is 5.91 Å². The molecule has 1 aromatic heterocycles. The van der Waals surface area contributed by atoms with Gasteiger partial charge in [-0.3, -0.25) is 9.69 Å². The van der Waals surface area contributed by atoms with E-state index in [2.05, 4.69) is 0 Å². The number of rotatable bonds is 5. The second-order valence-electron chi connectivity index (χ2n) is 4.69. The zero-order valence-corrected chi connectivity index (χ0v) is 12.2. The molecule has 1 aromatic carbocycles. The first-order valence-electron chi connectivity index (χ1n) is 6.53. The van der Waals surface area contributed by atoms with Crippen LogP contribution in [0, 0.1) is 5.82 Å². The SMILES string of the molecule is CC(=O)N(c1ccc(OCC2CO2)c(F)c1)c1cccs1. The number of thiophene rings is 1. The summed E-state index contributed by atoms with van der Waals surface area (Å²) in [5.41, 5.74) is 0.484. The Morgan fingerprint density at radius 2 is 2.33 bits per heavy atom. The van der Waals surface area contributed by atoms with Gasteiger partial charge in [-0.05, 0) is 29.6 Å². The number of carbonyl (C=O) groups excluding carboxylic acids is 1. The van der Waals surface area contributed by atoms with Gasteiger partial charge >= 0.3 is 0 Å². The van der Waals surface area contributed by atoms with Gasteiger partial charge in [-0.2, -0.15) is 0 Å². The van der Waals surface area contributed by atoms with Crippen molar-refractivity contribution in [2.24, 2.45) is 0 Å². The van der Waals surface area contributed by atoms with Crippen LogP contribution in [0.2, 0.25) is 0 Å². The van der Waals surface area contributed by atoms with Gasteiger partial charge in [-0.25, -0.2) is 4.39 Å². The van der Waals surface area contributed by atoms with Crippen molar-refractivity contribution in [3.05, 3.63) is 41.5 Å². The lowest BCUT2D eigenvalue weighted by molar-refractivity contribution is -0.115. The van der Waals surface area contributed by atoms with Crippen molar-refractivity contribution in [2.75, 3.05) is 18.1 Å². The molecule has 1 atom stereocenters. The normalized spacial score (nSPS) is 16.6. The zero-order valence-electron chi connectivity index (χ0n) is 11.4. The lowest BCUT2D eigenvalue weighted by Crippen LogP contribution is -2.21. The van der Waals surface area contributed by atoms with Gasteiger partial charge < -0.3 is 9.47 Å². The standard InChI is InChI=1S/C15H14FNO3S/c1-10(18)17(15-3-2-6-21-15)11-4-5-14(13(16)7-11)20-9-12-8-19-12/h2-7,12H,8-9H2,1H3. The van der Waals surface area contributed by atoms with E-state index in [-0.39, 0.29) is 17.8 Å². The maximum atomic E-state index is 14.1. The highest BCUT2D eigenvalue weighted by Crippen LogP contribution is 2.32. The Labute approximate surface area is 125 Å². The number of halogens is 1. The van der Waals surface area contributed by atoms with E-state index in [4.69, 9.17) is 9.47 Å². The summed E-state index contributed by atoms with van der Waals surface area (Å²) >= 11 is 1.42. The number of nitrogens with zero attached hydrogens (tertiary/aromatic N) is 1. The third-order valence-corrected chi connectivity index (χ3v) is 3.90. The summed E-state index contributed by atoms with van der Waals surface area (Å²) in [6.07, 6.45) is 0.0731. The van der Waals surface area contributed by atoms with Crippen LogP contribution in [0.4, 0.5) is 15.1 Å². The molecule has 1 aliphatic heterocycles. The Bertz CT molecular complexity index is 640. The number of amides is 1. The second-order valence-corrected chi connectivity index (χ2v) is 5.61. The van der Waals surface area contributed by atoms with Gasteiger partial charge in [0.15, 0.2) is 11.6 Å². The van der Waals surface area contributed by atoms with Gasteiger partial charge in [0.25, 0.3) is 0 Å². The minimum absolute atomic E-state index is 0.0731. The van der Waals surface area contributed by atoms with Gasteiger partial charge in [-0.15, -0.1) is 11.3 Å². The average molecular weight is 307 g/mol. The summed E-state index contributed by atoms with van der Waals surface area (Å²) in [5, 5.41) is 2.62. The summed E-state index contributed by atoms with van der Waals surface area (Å²) < 4.78 is 24.4. The van der Waals surface area contributed by atoms with Crippen molar-refractivity contribution in [1.29, 1.82) is 0 Å². The molecule has 1 fully saturated rings. The first-order chi connectivity index (χ1) is 10.1. The molecule has 110 valence electrons. The van der Waals surface area contributed by atoms with Crippen molar-refractivity contribution in [1.82, 2.24) is 0 Å². The van der Waals surface area contributed by atoms with Gasteiger partial charge in [0.05, 0.1) is 12.3 Å². The first kappa shape index (κ1) is 14.0. The lowest BCUT2D eigenvalue weighted by atomic mass is 10.2. The summed E-state index contributed by atoms with van der Waals surface area (Å²) in [4.78, 5) is 13.3. The molecule has 1 amide bonds. The Balaban J connectivity index is 1.83. The van der Waals surface area contributed by atoms with E-state index >= 15 is 0 Å². The molecule has 0 saturated carbocycles. The van der Waals surface area contributed by atoms with Crippen LogP contribution in [0.5, 0.6) is 5.75 Å². The molecule has 2 heterocycles. The lowest BCUT2D eigenvalue weighted by Gasteiger charge is -2.20. The van der Waals surface area contributed by atoms with Crippen molar-refractivity contribution in [3.8, 4) is 5.75 Å². The number of anilines is 2. The maximum absolute atomic E-state index is 14.1. The number of epoxide rings is 1. The summed E-state index contributed by atoms with van der Waals surface area (Å²) in [6, 6.07) is 8.19. The molecule has 0 bridgehead atoms. The molecule has 21 heavy (non-hydrogen) atoms. The molecule has 6 heteroatoms. The molecule has 0 spiro atoms. The fourth-order valence-corrected chi connectivity index (χ4v) is 2.75. The molecule has 1 aliphatic rings. The van der Waals surface area contributed by atoms with E-state index in [1.54, 1.807) is 6.07 Å². The second kappa shape index (κ2) is 5.83. The quantitative estimate of drug-likeness (QED) is 0.796. The molecule has 1 saturated heterocycles. The minimum atomic E-state index is -0.490. The molecule has 0 aliphatic carbocycles. The highest BCUT2D eigenvalue weighted by atomic mass is 32.1. The Hall–Kier alpha value is -1.92. The van der Waals surface area contributed by atoms with Crippen LogP contribution in [-0.4, -0.2) is 25.2 Å². The van der Waals surface area contributed by atoms with Crippen molar-refractivity contribution < 1.29 is 18.7 Å². The average Bonchev–Trinajstić information content (AvgIpc) is 3.12. The van der Waals surface area contributed by atoms with E-state index in [1.807, 2.05) is 17.5 Å². The minimum Gasteiger partial charge on any atom is -0.488 e. The topological polar surface area (TPSA) is 42.1 Å². The first-order valence-corrected chi connectivity index (χ1v) is 7.41. The van der Waals surface area contributed by atoms with E-state index in [9.17, 15) is 9.18 Å². The summed E-state index contributed by atoms with van der Waals surface area (Å²) in [7, 11) is 0. The van der Waals surface area contributed by atoms with Crippen LogP contribution in [0.1, 0.15) is 6.92 Å². The van der Waals surface area contributed by atoms with Crippen molar-refractivity contribution >= 4 is 27.9 Å². The monoisotopic (exact) mass is 307 g/mol. The number of hydrogen-bond donors (Lipinski definition) is 0. The van der Waals surface area contributed by atoms with Crippen LogP contribution in [0.3, 0.4) is 0 Å².